The van der Waals surface area contributed by atoms with Crippen LogP contribution in [-0.2, 0) is 0 Å². The highest BCUT2D eigenvalue weighted by atomic mass is 32.2. The lowest BCUT2D eigenvalue weighted by atomic mass is 10.6. The summed E-state index contributed by atoms with van der Waals surface area (Å²) < 4.78 is 2.94. The second-order valence-electron chi connectivity index (χ2n) is 2.17. The molecule has 5 heteroatoms. The molecule has 2 rings (SSSR count). The van der Waals surface area contributed by atoms with Crippen LogP contribution in [0.4, 0.5) is 0 Å². The minimum atomic E-state index is 0.979. The van der Waals surface area contributed by atoms with Gasteiger partial charge in [-0.25, -0.2) is 9.50 Å². The van der Waals surface area contributed by atoms with E-state index < -0.39 is 0 Å². The van der Waals surface area contributed by atoms with Crippen molar-refractivity contribution in [3.05, 3.63) is 11.9 Å². The zero-order valence-corrected chi connectivity index (χ0v) is 7.87. The topological polar surface area (TPSA) is 30.2 Å². The van der Waals surface area contributed by atoms with E-state index in [1.54, 1.807) is 23.1 Å². The Hall–Kier alpha value is -0.550. The molecule has 0 aliphatic rings. The molecule has 0 bridgehead atoms. The summed E-state index contributed by atoms with van der Waals surface area (Å²) in [4.78, 5) is 5.17. The predicted molar refractivity (Wildman–Crippen MR) is 47.4 cm³/mol. The smallest absolute Gasteiger partial charge is 0.213 e. The summed E-state index contributed by atoms with van der Waals surface area (Å²) >= 11 is 3.28. The van der Waals surface area contributed by atoms with Gasteiger partial charge in [-0.2, -0.15) is 0 Å². The van der Waals surface area contributed by atoms with E-state index in [2.05, 4.69) is 10.1 Å². The summed E-state index contributed by atoms with van der Waals surface area (Å²) in [5.41, 5.74) is 1.09. The lowest BCUT2D eigenvalue weighted by Gasteiger charge is -1.83. The minimum Gasteiger partial charge on any atom is -0.226 e. The van der Waals surface area contributed by atoms with Crippen LogP contribution >= 0.6 is 23.1 Å². The van der Waals surface area contributed by atoms with Gasteiger partial charge in [0.25, 0.3) is 0 Å². The first-order valence-electron chi connectivity index (χ1n) is 3.16. The third-order valence-electron chi connectivity index (χ3n) is 1.41. The molecule has 0 unspecified atom stereocenters. The normalized spacial score (nSPS) is 11.1. The van der Waals surface area contributed by atoms with Gasteiger partial charge in [-0.1, -0.05) is 23.1 Å². The minimum absolute atomic E-state index is 0.979. The number of aryl methyl sites for hydroxylation is 1. The van der Waals surface area contributed by atoms with Gasteiger partial charge in [-0.15, -0.1) is 5.10 Å². The van der Waals surface area contributed by atoms with Crippen LogP contribution in [-0.4, -0.2) is 20.9 Å². The van der Waals surface area contributed by atoms with Crippen LogP contribution in [0.5, 0.6) is 0 Å². The van der Waals surface area contributed by atoms with Crippen LogP contribution in [0.25, 0.3) is 4.96 Å². The molecule has 2 heterocycles. The maximum Gasteiger partial charge on any atom is 0.213 e. The molecule has 0 aromatic carbocycles. The fraction of sp³-hybridized carbons (Fsp3) is 0.333. The lowest BCUT2D eigenvalue weighted by Crippen LogP contribution is -1.85. The fourth-order valence-corrected chi connectivity index (χ4v) is 2.24. The molecule has 0 aliphatic carbocycles. The zero-order valence-electron chi connectivity index (χ0n) is 6.24. The number of fused-ring (bicyclic) bond motifs is 1. The highest BCUT2D eigenvalue weighted by Crippen LogP contribution is 2.22. The van der Waals surface area contributed by atoms with Gasteiger partial charge in [-0.3, -0.25) is 0 Å². The lowest BCUT2D eigenvalue weighted by molar-refractivity contribution is 0.882. The second kappa shape index (κ2) is 2.49. The van der Waals surface area contributed by atoms with Crippen LogP contribution < -0.4 is 0 Å². The first-order chi connectivity index (χ1) is 5.31. The summed E-state index contributed by atoms with van der Waals surface area (Å²) in [6.45, 7) is 2.00. The molecule has 3 nitrogen and oxygen atoms in total. The molecular formula is C6H7N3S2. The van der Waals surface area contributed by atoms with Crippen molar-refractivity contribution in [2.75, 3.05) is 6.26 Å². The third kappa shape index (κ3) is 1.04. The average Bonchev–Trinajstić information content (AvgIpc) is 2.53. The molecule has 2 aromatic rings. The summed E-state index contributed by atoms with van der Waals surface area (Å²) in [6, 6.07) is 0. The Balaban J connectivity index is 2.70. The van der Waals surface area contributed by atoms with Gasteiger partial charge in [-0.05, 0) is 13.2 Å². The molecule has 0 fully saturated rings. The molecule has 58 valence electrons. The van der Waals surface area contributed by atoms with E-state index in [-0.39, 0.29) is 0 Å². The number of thioether (sulfide) groups is 1. The number of nitrogens with zero attached hydrogens (tertiary/aromatic N) is 3. The summed E-state index contributed by atoms with van der Waals surface area (Å²) in [5.74, 6) is 0. The molecule has 0 amide bonds. The Labute approximate surface area is 72.5 Å². The Bertz CT molecular complexity index is 376. The molecule has 0 saturated carbocycles. The maximum atomic E-state index is 4.33. The number of imidazole rings is 1. The SMILES string of the molecule is CSc1nn2c(C)cnc2s1. The number of hydrogen-bond acceptors (Lipinski definition) is 4. The van der Waals surface area contributed by atoms with Crippen molar-refractivity contribution >= 4 is 28.1 Å². The van der Waals surface area contributed by atoms with Crippen molar-refractivity contribution < 1.29 is 0 Å². The molecular weight excluding hydrogens is 178 g/mol. The number of rotatable bonds is 1. The molecule has 0 atom stereocenters. The molecule has 0 radical (unpaired) electrons. The highest BCUT2D eigenvalue weighted by Gasteiger charge is 2.04. The van der Waals surface area contributed by atoms with E-state index in [9.17, 15) is 0 Å². The zero-order chi connectivity index (χ0) is 7.84. The van der Waals surface area contributed by atoms with Crippen molar-refractivity contribution in [3.63, 3.8) is 0 Å². The molecule has 11 heavy (non-hydrogen) atoms. The van der Waals surface area contributed by atoms with E-state index in [0.717, 1.165) is 15.0 Å². The Morgan fingerprint density at radius 2 is 2.45 bits per heavy atom. The van der Waals surface area contributed by atoms with Gasteiger partial charge in [0, 0.05) is 0 Å². The van der Waals surface area contributed by atoms with Crippen molar-refractivity contribution in [3.8, 4) is 0 Å². The second-order valence-corrected chi connectivity index (χ2v) is 4.18. The van der Waals surface area contributed by atoms with Crippen LogP contribution in [0.1, 0.15) is 5.69 Å². The van der Waals surface area contributed by atoms with Gasteiger partial charge in [0.15, 0.2) is 4.34 Å². The molecule has 0 aliphatic heterocycles. The molecule has 0 saturated heterocycles. The van der Waals surface area contributed by atoms with Gasteiger partial charge in [0.05, 0.1) is 11.9 Å². The third-order valence-corrected chi connectivity index (χ3v) is 3.31. The van der Waals surface area contributed by atoms with Gasteiger partial charge >= 0.3 is 0 Å². The molecule has 0 spiro atoms. The summed E-state index contributed by atoms with van der Waals surface area (Å²) in [5, 5.41) is 4.33. The number of aromatic nitrogens is 3. The Morgan fingerprint density at radius 1 is 1.64 bits per heavy atom. The van der Waals surface area contributed by atoms with E-state index in [1.807, 2.05) is 23.9 Å². The maximum absolute atomic E-state index is 4.33. The largest absolute Gasteiger partial charge is 0.226 e. The van der Waals surface area contributed by atoms with Gasteiger partial charge in [0.1, 0.15) is 0 Å². The summed E-state index contributed by atoms with van der Waals surface area (Å²) in [7, 11) is 0. The van der Waals surface area contributed by atoms with Gasteiger partial charge in [0.2, 0.25) is 4.96 Å². The average molecular weight is 185 g/mol. The number of hydrogen-bond donors (Lipinski definition) is 0. The predicted octanol–water partition coefficient (Wildman–Crippen LogP) is 1.82. The van der Waals surface area contributed by atoms with E-state index in [0.29, 0.717) is 0 Å². The van der Waals surface area contributed by atoms with Crippen molar-refractivity contribution in [2.45, 2.75) is 11.3 Å². The first kappa shape index (κ1) is 7.12. The quantitative estimate of drug-likeness (QED) is 0.635. The van der Waals surface area contributed by atoms with Crippen molar-refractivity contribution in [1.29, 1.82) is 0 Å². The fourth-order valence-electron chi connectivity index (χ4n) is 0.863. The van der Waals surface area contributed by atoms with Gasteiger partial charge < -0.3 is 0 Å². The molecule has 0 N–H and O–H groups in total. The van der Waals surface area contributed by atoms with Crippen LogP contribution in [0.15, 0.2) is 10.5 Å². The monoisotopic (exact) mass is 185 g/mol. The standard InChI is InChI=1S/C6H7N3S2/c1-4-3-7-5-9(4)8-6(10-2)11-5/h3H,1-2H3. The van der Waals surface area contributed by atoms with E-state index >= 15 is 0 Å². The van der Waals surface area contributed by atoms with E-state index in [1.165, 1.54) is 0 Å². The first-order valence-corrected chi connectivity index (χ1v) is 5.20. The Kier molecular flexibility index (Phi) is 1.61. The van der Waals surface area contributed by atoms with Crippen molar-refractivity contribution in [1.82, 2.24) is 14.6 Å². The summed E-state index contributed by atoms with van der Waals surface area (Å²) in [6.07, 6.45) is 3.86. The van der Waals surface area contributed by atoms with Crippen LogP contribution in [0.2, 0.25) is 0 Å². The highest BCUT2D eigenvalue weighted by molar-refractivity contribution is 8.00. The van der Waals surface area contributed by atoms with Crippen molar-refractivity contribution in [2.24, 2.45) is 0 Å². The van der Waals surface area contributed by atoms with Crippen LogP contribution in [0.3, 0.4) is 0 Å². The van der Waals surface area contributed by atoms with E-state index in [4.69, 9.17) is 0 Å². The van der Waals surface area contributed by atoms with Crippen LogP contribution in [0, 0.1) is 6.92 Å². The molecule has 2 aromatic heterocycles. The Morgan fingerprint density at radius 3 is 3.09 bits per heavy atom.